The summed E-state index contributed by atoms with van der Waals surface area (Å²) in [6, 6.07) is 9.14. The Bertz CT molecular complexity index is 578. The third-order valence-corrected chi connectivity index (χ3v) is 3.64. The zero-order valence-electron chi connectivity index (χ0n) is 11.4. The molecule has 0 aliphatic carbocycles. The molecule has 1 heterocycles. The van der Waals surface area contributed by atoms with Gasteiger partial charge >= 0.3 is 0 Å². The topological polar surface area (TPSA) is 81.2 Å². The van der Waals surface area contributed by atoms with E-state index in [0.717, 1.165) is 10.6 Å². The van der Waals surface area contributed by atoms with Crippen molar-refractivity contribution in [1.82, 2.24) is 5.16 Å². The fourth-order valence-corrected chi connectivity index (χ4v) is 2.20. The number of amides is 1. The summed E-state index contributed by atoms with van der Waals surface area (Å²) >= 11 is 1.44. The van der Waals surface area contributed by atoms with E-state index in [1.165, 1.54) is 11.8 Å². The van der Waals surface area contributed by atoms with E-state index in [0.29, 0.717) is 17.3 Å². The summed E-state index contributed by atoms with van der Waals surface area (Å²) in [4.78, 5) is 12.8. The first-order valence-electron chi connectivity index (χ1n) is 6.29. The lowest BCUT2D eigenvalue weighted by Crippen LogP contribution is -2.13. The van der Waals surface area contributed by atoms with Crippen LogP contribution in [0.1, 0.15) is 25.5 Å². The maximum absolute atomic E-state index is 11.8. The Labute approximate surface area is 121 Å². The maximum Gasteiger partial charge on any atom is 0.237 e. The fourth-order valence-electron chi connectivity index (χ4n) is 1.51. The first kappa shape index (κ1) is 14.5. The smallest absolute Gasteiger partial charge is 0.237 e. The van der Waals surface area contributed by atoms with Crippen molar-refractivity contribution in [2.45, 2.75) is 24.7 Å². The van der Waals surface area contributed by atoms with Gasteiger partial charge in [0.1, 0.15) is 0 Å². The number of nitrogens with one attached hydrogen (secondary N) is 1. The Kier molecular flexibility index (Phi) is 4.68. The number of rotatable bonds is 5. The molecule has 0 saturated carbocycles. The highest BCUT2D eigenvalue weighted by atomic mass is 32.2. The molecule has 6 heteroatoms. The molecule has 1 aromatic carbocycles. The van der Waals surface area contributed by atoms with Gasteiger partial charge in [0.25, 0.3) is 0 Å². The number of carbonyl (C=O) groups excluding carboxylic acids is 1. The summed E-state index contributed by atoms with van der Waals surface area (Å²) in [6.07, 6.45) is 0. The molecular weight excluding hydrogens is 274 g/mol. The van der Waals surface area contributed by atoms with Gasteiger partial charge in [-0.3, -0.25) is 10.1 Å². The number of hydrogen-bond donors (Lipinski definition) is 2. The number of nitrogens with two attached hydrogens (primary N) is 1. The van der Waals surface area contributed by atoms with Crippen LogP contribution in [0, 0.1) is 0 Å². The van der Waals surface area contributed by atoms with E-state index in [2.05, 4.69) is 10.5 Å². The zero-order valence-corrected chi connectivity index (χ0v) is 12.2. The van der Waals surface area contributed by atoms with Crippen LogP contribution in [0.3, 0.4) is 0 Å². The van der Waals surface area contributed by atoms with Crippen molar-refractivity contribution >= 4 is 29.2 Å². The van der Waals surface area contributed by atoms with Crippen LogP contribution < -0.4 is 11.1 Å². The molecule has 0 radical (unpaired) electrons. The molecule has 3 N–H and O–H groups in total. The third-order valence-electron chi connectivity index (χ3n) is 2.63. The van der Waals surface area contributed by atoms with Gasteiger partial charge in [0, 0.05) is 16.6 Å². The van der Waals surface area contributed by atoms with E-state index in [1.807, 2.05) is 38.1 Å². The minimum atomic E-state index is -0.127. The Morgan fingerprint density at radius 1 is 1.40 bits per heavy atom. The summed E-state index contributed by atoms with van der Waals surface area (Å²) in [5, 5.41) is 6.57. The van der Waals surface area contributed by atoms with Crippen molar-refractivity contribution in [1.29, 1.82) is 0 Å². The quantitative estimate of drug-likeness (QED) is 0.653. The summed E-state index contributed by atoms with van der Waals surface area (Å²) in [6.45, 7) is 4.03. The lowest BCUT2D eigenvalue weighted by atomic mass is 10.1. The average Bonchev–Trinajstić information content (AvgIpc) is 2.87. The summed E-state index contributed by atoms with van der Waals surface area (Å²) in [5.74, 6) is 0.838. The number of nitrogens with zero attached hydrogens (tertiary/aromatic N) is 1. The lowest BCUT2D eigenvalue weighted by molar-refractivity contribution is -0.113. The number of anilines is 2. The molecular formula is C14H17N3O2S. The predicted molar refractivity (Wildman–Crippen MR) is 80.8 cm³/mol. The number of thioether (sulfide) groups is 1. The van der Waals surface area contributed by atoms with Crippen LogP contribution in [0.2, 0.25) is 0 Å². The van der Waals surface area contributed by atoms with Gasteiger partial charge in [-0.05, 0) is 30.2 Å². The molecule has 0 spiro atoms. The molecule has 5 nitrogen and oxygen atoms in total. The Balaban J connectivity index is 1.84. The monoisotopic (exact) mass is 291 g/mol. The first-order chi connectivity index (χ1) is 9.54. The minimum Gasteiger partial charge on any atom is -0.399 e. The van der Waals surface area contributed by atoms with Crippen molar-refractivity contribution in [3.63, 3.8) is 0 Å². The molecule has 0 saturated heterocycles. The van der Waals surface area contributed by atoms with Crippen molar-refractivity contribution in [3.8, 4) is 0 Å². The van der Waals surface area contributed by atoms with Crippen LogP contribution in [0.25, 0.3) is 0 Å². The highest BCUT2D eigenvalue weighted by Crippen LogP contribution is 2.20. The molecule has 0 aliphatic heterocycles. The van der Waals surface area contributed by atoms with Gasteiger partial charge in [-0.25, -0.2) is 0 Å². The number of nitrogen functional groups attached to an aromatic ring is 1. The van der Waals surface area contributed by atoms with E-state index in [1.54, 1.807) is 6.07 Å². The van der Waals surface area contributed by atoms with E-state index in [4.69, 9.17) is 10.3 Å². The van der Waals surface area contributed by atoms with Gasteiger partial charge in [0.15, 0.2) is 0 Å². The van der Waals surface area contributed by atoms with Gasteiger partial charge in [-0.2, -0.15) is 0 Å². The van der Waals surface area contributed by atoms with Gasteiger partial charge in [-0.1, -0.05) is 19.0 Å². The van der Waals surface area contributed by atoms with Crippen LogP contribution in [0.15, 0.2) is 39.8 Å². The summed E-state index contributed by atoms with van der Waals surface area (Å²) in [5.41, 5.74) is 7.14. The number of hydrogen-bond acceptors (Lipinski definition) is 5. The molecule has 106 valence electrons. The SMILES string of the molecule is CC(C)c1cc(NC(=O)CSc2ccc(N)cc2)on1. The molecule has 0 atom stereocenters. The van der Waals surface area contributed by atoms with E-state index in [9.17, 15) is 4.79 Å². The van der Waals surface area contributed by atoms with Crippen molar-refractivity contribution < 1.29 is 9.32 Å². The van der Waals surface area contributed by atoms with Crippen LogP contribution in [-0.4, -0.2) is 16.8 Å². The number of aromatic nitrogens is 1. The second kappa shape index (κ2) is 6.47. The van der Waals surface area contributed by atoms with Crippen LogP contribution >= 0.6 is 11.8 Å². The van der Waals surface area contributed by atoms with E-state index in [-0.39, 0.29) is 11.8 Å². The second-order valence-corrected chi connectivity index (χ2v) is 5.73. The molecule has 1 amide bonds. The molecule has 1 aromatic heterocycles. The Morgan fingerprint density at radius 3 is 2.70 bits per heavy atom. The molecule has 20 heavy (non-hydrogen) atoms. The molecule has 0 unspecified atom stereocenters. The van der Waals surface area contributed by atoms with E-state index < -0.39 is 0 Å². The van der Waals surface area contributed by atoms with Crippen LogP contribution in [0.4, 0.5) is 11.6 Å². The van der Waals surface area contributed by atoms with Gasteiger partial charge in [-0.15, -0.1) is 11.8 Å². The van der Waals surface area contributed by atoms with E-state index >= 15 is 0 Å². The normalized spacial score (nSPS) is 10.8. The van der Waals surface area contributed by atoms with Crippen LogP contribution in [0.5, 0.6) is 0 Å². The number of carbonyl (C=O) groups is 1. The minimum absolute atomic E-state index is 0.127. The third kappa shape index (κ3) is 4.03. The van der Waals surface area contributed by atoms with Gasteiger partial charge in [0.2, 0.25) is 11.8 Å². The fraction of sp³-hybridized carbons (Fsp3) is 0.286. The zero-order chi connectivity index (χ0) is 14.5. The molecule has 2 aromatic rings. The van der Waals surface area contributed by atoms with Crippen LogP contribution in [-0.2, 0) is 4.79 Å². The number of benzene rings is 1. The van der Waals surface area contributed by atoms with Gasteiger partial charge in [0.05, 0.1) is 11.4 Å². The summed E-state index contributed by atoms with van der Waals surface area (Å²) < 4.78 is 5.06. The molecule has 0 fully saturated rings. The predicted octanol–water partition coefficient (Wildman–Crippen LogP) is 3.11. The molecule has 0 bridgehead atoms. The Morgan fingerprint density at radius 2 is 2.10 bits per heavy atom. The molecule has 0 aliphatic rings. The Hall–Kier alpha value is -1.95. The first-order valence-corrected chi connectivity index (χ1v) is 7.28. The second-order valence-electron chi connectivity index (χ2n) is 4.68. The van der Waals surface area contributed by atoms with Crippen molar-refractivity contribution in [2.75, 3.05) is 16.8 Å². The molecule has 2 rings (SSSR count). The maximum atomic E-state index is 11.8. The highest BCUT2D eigenvalue weighted by molar-refractivity contribution is 8.00. The standard InChI is InChI=1S/C14H17N3O2S/c1-9(2)12-7-14(19-17-12)16-13(18)8-20-11-5-3-10(15)4-6-11/h3-7,9H,8,15H2,1-2H3,(H,16,18). The largest absolute Gasteiger partial charge is 0.399 e. The van der Waals surface area contributed by atoms with Crippen molar-refractivity contribution in [2.24, 2.45) is 0 Å². The van der Waals surface area contributed by atoms with Gasteiger partial charge < -0.3 is 10.3 Å². The highest BCUT2D eigenvalue weighted by Gasteiger charge is 2.10. The summed E-state index contributed by atoms with van der Waals surface area (Å²) in [7, 11) is 0. The average molecular weight is 291 g/mol. The lowest BCUT2D eigenvalue weighted by Gasteiger charge is -2.02. The van der Waals surface area contributed by atoms with Crippen molar-refractivity contribution in [3.05, 3.63) is 36.0 Å².